The molecule has 0 saturated carbocycles. The van der Waals surface area contributed by atoms with Crippen LogP contribution in [0.15, 0.2) is 18.3 Å². The average molecular weight is 305 g/mol. The second-order valence-electron chi connectivity index (χ2n) is 5.23. The highest BCUT2D eigenvalue weighted by molar-refractivity contribution is 5.94. The van der Waals surface area contributed by atoms with Crippen LogP contribution in [-0.2, 0) is 14.3 Å². The number of hydrogen-bond donors (Lipinski definition) is 3. The number of piperazine rings is 1. The van der Waals surface area contributed by atoms with Crippen LogP contribution < -0.4 is 20.9 Å². The minimum absolute atomic E-state index is 0.00706. The molecule has 3 rings (SSSR count). The molecule has 3 heterocycles. The number of carbonyl (C=O) groups is 2. The number of rotatable bonds is 3. The number of carbonyl (C=O) groups excluding carboxylic acids is 2. The number of amides is 2. The normalized spacial score (nSPS) is 22.1. The van der Waals surface area contributed by atoms with Gasteiger partial charge in [-0.2, -0.15) is 0 Å². The number of ether oxygens (including phenoxy) is 1. The van der Waals surface area contributed by atoms with Gasteiger partial charge in [0.1, 0.15) is 11.9 Å². The number of morpholine rings is 1. The number of hydrogen-bond acceptors (Lipinski definition) is 6. The third-order valence-corrected chi connectivity index (χ3v) is 3.60. The molecule has 1 atom stereocenters. The predicted molar refractivity (Wildman–Crippen MR) is 80.7 cm³/mol. The molecule has 0 spiro atoms. The van der Waals surface area contributed by atoms with Gasteiger partial charge < -0.3 is 25.6 Å². The van der Waals surface area contributed by atoms with Crippen LogP contribution in [0.25, 0.3) is 0 Å². The highest BCUT2D eigenvalue weighted by Crippen LogP contribution is 2.15. The summed E-state index contributed by atoms with van der Waals surface area (Å²) in [5.41, 5.74) is 0.615. The molecule has 1 unspecified atom stereocenters. The summed E-state index contributed by atoms with van der Waals surface area (Å²) in [7, 11) is 0. The van der Waals surface area contributed by atoms with Gasteiger partial charge in [-0.3, -0.25) is 9.59 Å². The van der Waals surface area contributed by atoms with Gasteiger partial charge in [0.15, 0.2) is 0 Å². The van der Waals surface area contributed by atoms with Crippen LogP contribution in [0.4, 0.5) is 11.5 Å². The van der Waals surface area contributed by atoms with Gasteiger partial charge in [-0.25, -0.2) is 4.98 Å². The molecule has 8 heteroatoms. The molecule has 0 aliphatic carbocycles. The molecule has 3 N–H and O–H groups in total. The lowest BCUT2D eigenvalue weighted by atomic mass is 10.2. The minimum atomic E-state index is -0.473. The zero-order valence-corrected chi connectivity index (χ0v) is 12.2. The van der Waals surface area contributed by atoms with E-state index in [9.17, 15) is 9.59 Å². The summed E-state index contributed by atoms with van der Waals surface area (Å²) in [6.45, 7) is 3.47. The molecule has 2 amide bonds. The van der Waals surface area contributed by atoms with Gasteiger partial charge in [-0.1, -0.05) is 0 Å². The van der Waals surface area contributed by atoms with Gasteiger partial charge >= 0.3 is 0 Å². The summed E-state index contributed by atoms with van der Waals surface area (Å²) in [5, 5.41) is 8.67. The standard InChI is InChI=1S/C14H19N5O3/c20-13-9-19(5-3-16-13)12-2-1-10(7-17-12)18-14(21)11-8-15-4-6-22-11/h1-2,7,11,15H,3-6,8-9H2,(H,16,20)(H,18,21). The fourth-order valence-corrected chi connectivity index (χ4v) is 2.44. The van der Waals surface area contributed by atoms with Crippen LogP contribution in [0.5, 0.6) is 0 Å². The average Bonchev–Trinajstić information content (AvgIpc) is 2.56. The first-order valence-electron chi connectivity index (χ1n) is 7.33. The minimum Gasteiger partial charge on any atom is -0.366 e. The Morgan fingerprint density at radius 1 is 1.41 bits per heavy atom. The Labute approximate surface area is 128 Å². The molecule has 2 aliphatic heterocycles. The van der Waals surface area contributed by atoms with Crippen molar-refractivity contribution in [1.82, 2.24) is 15.6 Å². The van der Waals surface area contributed by atoms with Crippen LogP contribution in [0.3, 0.4) is 0 Å². The van der Waals surface area contributed by atoms with Crippen molar-refractivity contribution in [3.05, 3.63) is 18.3 Å². The molecular weight excluding hydrogens is 286 g/mol. The van der Waals surface area contributed by atoms with E-state index in [1.807, 2.05) is 4.90 Å². The monoisotopic (exact) mass is 305 g/mol. The Morgan fingerprint density at radius 2 is 2.32 bits per heavy atom. The fourth-order valence-electron chi connectivity index (χ4n) is 2.44. The van der Waals surface area contributed by atoms with Crippen molar-refractivity contribution < 1.29 is 14.3 Å². The van der Waals surface area contributed by atoms with Gasteiger partial charge in [-0.05, 0) is 12.1 Å². The van der Waals surface area contributed by atoms with Crippen LogP contribution in [0, 0.1) is 0 Å². The molecule has 2 aliphatic rings. The van der Waals surface area contributed by atoms with Gasteiger partial charge in [0.2, 0.25) is 5.91 Å². The highest BCUT2D eigenvalue weighted by atomic mass is 16.5. The van der Waals surface area contributed by atoms with Crippen molar-refractivity contribution >= 4 is 23.3 Å². The smallest absolute Gasteiger partial charge is 0.254 e. The molecule has 118 valence electrons. The molecule has 1 aromatic rings. The van der Waals surface area contributed by atoms with Crippen molar-refractivity contribution in [2.24, 2.45) is 0 Å². The van der Waals surface area contributed by atoms with E-state index in [1.54, 1.807) is 18.3 Å². The largest absolute Gasteiger partial charge is 0.366 e. The maximum atomic E-state index is 12.0. The first-order chi connectivity index (χ1) is 10.7. The van der Waals surface area contributed by atoms with Crippen molar-refractivity contribution in [1.29, 1.82) is 0 Å². The molecule has 2 fully saturated rings. The highest BCUT2D eigenvalue weighted by Gasteiger charge is 2.22. The van der Waals surface area contributed by atoms with Gasteiger partial charge in [0.25, 0.3) is 5.91 Å². The van der Waals surface area contributed by atoms with E-state index < -0.39 is 6.10 Å². The number of pyridine rings is 1. The van der Waals surface area contributed by atoms with E-state index in [-0.39, 0.29) is 11.8 Å². The lowest BCUT2D eigenvalue weighted by Crippen LogP contribution is -2.48. The van der Waals surface area contributed by atoms with Crippen LogP contribution in [0.2, 0.25) is 0 Å². The summed E-state index contributed by atoms with van der Waals surface area (Å²) in [6.07, 6.45) is 1.12. The quantitative estimate of drug-likeness (QED) is 0.659. The Balaban J connectivity index is 1.59. The first kappa shape index (κ1) is 14.7. The van der Waals surface area contributed by atoms with Crippen molar-refractivity contribution in [2.45, 2.75) is 6.10 Å². The van der Waals surface area contributed by atoms with Crippen molar-refractivity contribution in [3.8, 4) is 0 Å². The molecule has 0 bridgehead atoms. The summed E-state index contributed by atoms with van der Waals surface area (Å²) in [6, 6.07) is 3.58. The van der Waals surface area contributed by atoms with Crippen molar-refractivity contribution in [3.63, 3.8) is 0 Å². The third-order valence-electron chi connectivity index (χ3n) is 3.60. The van der Waals surface area contributed by atoms with E-state index in [1.165, 1.54) is 0 Å². The van der Waals surface area contributed by atoms with Crippen LogP contribution in [0.1, 0.15) is 0 Å². The lowest BCUT2D eigenvalue weighted by molar-refractivity contribution is -0.128. The van der Waals surface area contributed by atoms with Gasteiger partial charge in [0.05, 0.1) is 25.0 Å². The summed E-state index contributed by atoms with van der Waals surface area (Å²) in [4.78, 5) is 29.6. The Hall–Kier alpha value is -2.19. The van der Waals surface area contributed by atoms with E-state index in [4.69, 9.17) is 4.74 Å². The molecule has 1 aromatic heterocycles. The Bertz CT molecular complexity index is 542. The van der Waals surface area contributed by atoms with Crippen LogP contribution >= 0.6 is 0 Å². The molecule has 8 nitrogen and oxygen atoms in total. The number of anilines is 2. The van der Waals surface area contributed by atoms with E-state index in [0.717, 1.165) is 18.9 Å². The lowest BCUT2D eigenvalue weighted by Gasteiger charge is -2.27. The summed E-state index contributed by atoms with van der Waals surface area (Å²) >= 11 is 0. The van der Waals surface area contributed by atoms with Gasteiger partial charge in [0, 0.05) is 26.2 Å². The Morgan fingerprint density at radius 3 is 3.00 bits per heavy atom. The first-order valence-corrected chi connectivity index (χ1v) is 7.33. The summed E-state index contributed by atoms with van der Waals surface area (Å²) in [5.74, 6) is 0.537. The summed E-state index contributed by atoms with van der Waals surface area (Å²) < 4.78 is 5.40. The topological polar surface area (TPSA) is 95.6 Å². The zero-order valence-electron chi connectivity index (χ0n) is 12.2. The molecule has 0 aromatic carbocycles. The fraction of sp³-hybridized carbons (Fsp3) is 0.500. The zero-order chi connectivity index (χ0) is 15.4. The third kappa shape index (κ3) is 3.52. The second-order valence-corrected chi connectivity index (χ2v) is 5.23. The van der Waals surface area contributed by atoms with Gasteiger partial charge in [-0.15, -0.1) is 0 Å². The van der Waals surface area contributed by atoms with E-state index >= 15 is 0 Å². The number of nitrogens with zero attached hydrogens (tertiary/aromatic N) is 2. The maximum Gasteiger partial charge on any atom is 0.254 e. The molecule has 22 heavy (non-hydrogen) atoms. The molecule has 0 radical (unpaired) electrons. The predicted octanol–water partition coefficient (Wildman–Crippen LogP) is -1.06. The second kappa shape index (κ2) is 6.71. The number of aromatic nitrogens is 1. The maximum absolute atomic E-state index is 12.0. The number of nitrogens with one attached hydrogen (secondary N) is 3. The van der Waals surface area contributed by atoms with Crippen molar-refractivity contribution in [2.75, 3.05) is 49.5 Å². The van der Waals surface area contributed by atoms with E-state index in [2.05, 4.69) is 20.9 Å². The van der Waals surface area contributed by atoms with E-state index in [0.29, 0.717) is 31.9 Å². The molecule has 2 saturated heterocycles. The Kier molecular flexibility index (Phi) is 4.50. The van der Waals surface area contributed by atoms with Crippen LogP contribution in [-0.4, -0.2) is 62.2 Å². The SMILES string of the molecule is O=C1CN(c2ccc(NC(=O)C3CNCCO3)cn2)CCN1. The molecular formula is C14H19N5O3.